The topological polar surface area (TPSA) is 92.4 Å². The van der Waals surface area contributed by atoms with Gasteiger partial charge in [-0.3, -0.25) is 9.59 Å². The van der Waals surface area contributed by atoms with Gasteiger partial charge in [-0.15, -0.1) is 0 Å². The molecule has 0 heterocycles. The number of carboxylic acid groups (broad SMARTS) is 1. The fourth-order valence-electron chi connectivity index (χ4n) is 0.888. The summed E-state index contributed by atoms with van der Waals surface area (Å²) in [4.78, 5) is 21.1. The Labute approximate surface area is 96.6 Å². The summed E-state index contributed by atoms with van der Waals surface area (Å²) in [5.41, 5.74) is 5.30. The van der Waals surface area contributed by atoms with Gasteiger partial charge in [-0.1, -0.05) is 22.6 Å². The predicted octanol–water partition coefficient (Wildman–Crippen LogP) is 0.120. The van der Waals surface area contributed by atoms with E-state index in [1.165, 1.54) is 0 Å². The molecule has 1 amide bonds. The lowest BCUT2D eigenvalue weighted by Gasteiger charge is -2.06. The Bertz CT molecular complexity index is 199. The Morgan fingerprint density at radius 1 is 1.43 bits per heavy atom. The maximum absolute atomic E-state index is 10.8. The number of nitrogens with two attached hydrogens (primary N) is 1. The van der Waals surface area contributed by atoms with Crippen LogP contribution in [-0.2, 0) is 9.59 Å². The van der Waals surface area contributed by atoms with Crippen molar-refractivity contribution in [3.63, 3.8) is 0 Å². The van der Waals surface area contributed by atoms with Crippen LogP contribution in [-0.4, -0.2) is 34.0 Å². The number of amides is 1. The highest BCUT2D eigenvalue weighted by Gasteiger charge is 2.09. The van der Waals surface area contributed by atoms with Crippen LogP contribution in [0.5, 0.6) is 0 Å². The van der Waals surface area contributed by atoms with E-state index in [2.05, 4.69) is 5.32 Å². The van der Waals surface area contributed by atoms with Crippen LogP contribution in [0.2, 0.25) is 0 Å². The minimum atomic E-state index is -0.971. The minimum absolute atomic E-state index is 0.00753. The molecule has 14 heavy (non-hydrogen) atoms. The molecule has 0 radical (unpaired) electrons. The maximum Gasteiger partial charge on any atom is 0.320 e. The fraction of sp³-hybridized carbons (Fsp3) is 0.750. The monoisotopic (exact) mass is 314 g/mol. The fourth-order valence-corrected chi connectivity index (χ4v) is 1.16. The van der Waals surface area contributed by atoms with Crippen LogP contribution in [0.15, 0.2) is 0 Å². The third-order valence-corrected chi connectivity index (χ3v) is 2.40. The van der Waals surface area contributed by atoms with E-state index in [-0.39, 0.29) is 5.91 Å². The Morgan fingerprint density at radius 2 is 2.07 bits per heavy atom. The van der Waals surface area contributed by atoms with Crippen molar-refractivity contribution in [2.45, 2.75) is 25.3 Å². The van der Waals surface area contributed by atoms with E-state index in [9.17, 15) is 9.59 Å². The van der Waals surface area contributed by atoms with Crippen LogP contribution in [0.4, 0.5) is 0 Å². The molecule has 0 aromatic rings. The molecule has 0 aliphatic carbocycles. The molecule has 0 rings (SSSR count). The number of carboxylic acids is 1. The Morgan fingerprint density at radius 3 is 2.57 bits per heavy atom. The van der Waals surface area contributed by atoms with E-state index in [0.29, 0.717) is 17.4 Å². The van der Waals surface area contributed by atoms with Crippen molar-refractivity contribution in [3.8, 4) is 0 Å². The van der Waals surface area contributed by atoms with Crippen LogP contribution in [0.3, 0.4) is 0 Å². The lowest BCUT2D eigenvalue weighted by molar-refractivity contribution is -0.138. The largest absolute Gasteiger partial charge is 0.480 e. The van der Waals surface area contributed by atoms with E-state index < -0.39 is 12.0 Å². The summed E-state index contributed by atoms with van der Waals surface area (Å²) in [6.07, 6.45) is 1.94. The van der Waals surface area contributed by atoms with Gasteiger partial charge >= 0.3 is 5.97 Å². The van der Waals surface area contributed by atoms with Crippen molar-refractivity contribution in [3.05, 3.63) is 0 Å². The van der Waals surface area contributed by atoms with Crippen molar-refractivity contribution in [2.75, 3.05) is 11.0 Å². The summed E-state index contributed by atoms with van der Waals surface area (Å²) < 4.78 is 0.451. The Hall–Kier alpha value is -0.370. The third kappa shape index (κ3) is 7.07. The molecular formula is C8H15IN2O3. The second-order valence-electron chi connectivity index (χ2n) is 2.92. The van der Waals surface area contributed by atoms with Gasteiger partial charge in [0.25, 0.3) is 0 Å². The molecule has 4 N–H and O–H groups in total. The number of unbranched alkanes of at least 4 members (excludes halogenated alkanes) is 1. The highest BCUT2D eigenvalue weighted by atomic mass is 127. The number of rotatable bonds is 7. The van der Waals surface area contributed by atoms with Gasteiger partial charge in [-0.25, -0.2) is 0 Å². The third-order valence-electron chi connectivity index (χ3n) is 1.70. The number of carbonyl (C=O) groups is 2. The summed E-state index contributed by atoms with van der Waals surface area (Å²) in [6, 6.07) is -0.782. The average Bonchev–Trinajstić information content (AvgIpc) is 2.16. The summed E-state index contributed by atoms with van der Waals surface area (Å²) in [6.45, 7) is 0.591. The molecule has 0 saturated heterocycles. The van der Waals surface area contributed by atoms with E-state index in [0.717, 1.165) is 12.8 Å². The lowest BCUT2D eigenvalue weighted by Crippen LogP contribution is -2.30. The second-order valence-corrected chi connectivity index (χ2v) is 3.69. The lowest BCUT2D eigenvalue weighted by atomic mass is 10.1. The van der Waals surface area contributed by atoms with Gasteiger partial charge in [0.05, 0.1) is 4.43 Å². The minimum Gasteiger partial charge on any atom is -0.480 e. The number of nitrogens with one attached hydrogen (secondary N) is 1. The highest BCUT2D eigenvalue weighted by molar-refractivity contribution is 14.1. The molecular weight excluding hydrogens is 299 g/mol. The zero-order valence-electron chi connectivity index (χ0n) is 7.83. The van der Waals surface area contributed by atoms with Crippen LogP contribution in [0.25, 0.3) is 0 Å². The van der Waals surface area contributed by atoms with Gasteiger partial charge in [0.2, 0.25) is 5.91 Å². The SMILES string of the molecule is N[C@@H](CCCCNC(=O)CI)C(=O)O. The Kier molecular flexibility index (Phi) is 7.77. The van der Waals surface area contributed by atoms with E-state index in [1.807, 2.05) is 22.6 Å². The van der Waals surface area contributed by atoms with Gasteiger partial charge in [-0.2, -0.15) is 0 Å². The normalized spacial score (nSPS) is 12.1. The van der Waals surface area contributed by atoms with Crippen molar-refractivity contribution in [1.29, 1.82) is 0 Å². The molecule has 0 aromatic carbocycles. The number of aliphatic carboxylic acids is 1. The van der Waals surface area contributed by atoms with Crippen molar-refractivity contribution in [2.24, 2.45) is 5.73 Å². The average molecular weight is 314 g/mol. The molecule has 0 aromatic heterocycles. The number of carbonyl (C=O) groups excluding carboxylic acids is 1. The Balaban J connectivity index is 3.30. The van der Waals surface area contributed by atoms with Crippen molar-refractivity contribution < 1.29 is 14.7 Å². The number of halogens is 1. The molecule has 0 spiro atoms. The van der Waals surface area contributed by atoms with Gasteiger partial charge in [0.15, 0.2) is 0 Å². The van der Waals surface area contributed by atoms with Crippen LogP contribution in [0.1, 0.15) is 19.3 Å². The first kappa shape index (κ1) is 13.6. The van der Waals surface area contributed by atoms with Crippen molar-refractivity contribution >= 4 is 34.5 Å². The highest BCUT2D eigenvalue weighted by Crippen LogP contribution is 1.98. The summed E-state index contributed by atoms with van der Waals surface area (Å²) in [5.74, 6) is -0.963. The number of hydrogen-bond donors (Lipinski definition) is 3. The summed E-state index contributed by atoms with van der Waals surface area (Å²) in [7, 11) is 0. The van der Waals surface area contributed by atoms with E-state index in [4.69, 9.17) is 10.8 Å². The van der Waals surface area contributed by atoms with Crippen LogP contribution < -0.4 is 11.1 Å². The van der Waals surface area contributed by atoms with Crippen LogP contribution in [0, 0.1) is 0 Å². The molecule has 0 aliphatic rings. The number of alkyl halides is 1. The molecule has 82 valence electrons. The van der Waals surface area contributed by atoms with Crippen LogP contribution >= 0.6 is 22.6 Å². The quantitative estimate of drug-likeness (QED) is 0.353. The van der Waals surface area contributed by atoms with Gasteiger partial charge < -0.3 is 16.2 Å². The van der Waals surface area contributed by atoms with E-state index >= 15 is 0 Å². The molecule has 1 atom stereocenters. The zero-order valence-corrected chi connectivity index (χ0v) is 9.99. The molecule has 0 aliphatic heterocycles. The molecule has 0 fully saturated rings. The van der Waals surface area contributed by atoms with E-state index in [1.54, 1.807) is 0 Å². The molecule has 0 unspecified atom stereocenters. The maximum atomic E-state index is 10.8. The van der Waals surface area contributed by atoms with Gasteiger partial charge in [0, 0.05) is 6.54 Å². The molecule has 0 saturated carbocycles. The smallest absolute Gasteiger partial charge is 0.320 e. The molecule has 5 nitrogen and oxygen atoms in total. The zero-order chi connectivity index (χ0) is 11.0. The van der Waals surface area contributed by atoms with Crippen molar-refractivity contribution in [1.82, 2.24) is 5.32 Å². The van der Waals surface area contributed by atoms with Gasteiger partial charge in [-0.05, 0) is 19.3 Å². The molecule has 0 bridgehead atoms. The second kappa shape index (κ2) is 7.98. The number of hydrogen-bond acceptors (Lipinski definition) is 3. The summed E-state index contributed by atoms with van der Waals surface area (Å²) in [5, 5.41) is 11.2. The molecule has 6 heteroatoms. The standard InChI is InChI=1S/C8H15IN2O3/c9-5-7(12)11-4-2-1-3-6(10)8(13)14/h6H,1-5,10H2,(H,11,12)(H,13,14)/t6-/m0/s1. The first-order chi connectivity index (χ1) is 6.57. The first-order valence-electron chi connectivity index (χ1n) is 4.39. The summed E-state index contributed by atoms with van der Waals surface area (Å²) >= 11 is 1.98. The van der Waals surface area contributed by atoms with Gasteiger partial charge in [0.1, 0.15) is 6.04 Å². The predicted molar refractivity (Wildman–Crippen MR) is 61.4 cm³/mol. The first-order valence-corrected chi connectivity index (χ1v) is 5.91.